The second-order valence-corrected chi connectivity index (χ2v) is 7.58. The third-order valence-electron chi connectivity index (χ3n) is 5.60. The first kappa shape index (κ1) is 20.0. The third kappa shape index (κ3) is 4.28. The lowest BCUT2D eigenvalue weighted by molar-refractivity contribution is -0.129. The van der Waals surface area contributed by atoms with Gasteiger partial charge in [-0.25, -0.2) is 0 Å². The highest BCUT2D eigenvalue weighted by Crippen LogP contribution is 2.34. The molecule has 3 fully saturated rings. The van der Waals surface area contributed by atoms with Gasteiger partial charge >= 0.3 is 0 Å². The molecule has 3 aliphatic rings. The maximum Gasteiger partial charge on any atom is 0.225 e. The summed E-state index contributed by atoms with van der Waals surface area (Å²) in [7, 11) is 0. The van der Waals surface area contributed by atoms with Crippen molar-refractivity contribution in [3.63, 3.8) is 0 Å². The third-order valence-corrected chi connectivity index (χ3v) is 5.60. The Morgan fingerprint density at radius 1 is 1.18 bits per heavy atom. The summed E-state index contributed by atoms with van der Waals surface area (Å²) in [6.45, 7) is 6.48. The van der Waals surface area contributed by atoms with Gasteiger partial charge in [-0.1, -0.05) is 19.8 Å². The maximum atomic E-state index is 12.6. The monoisotopic (exact) mass is 351 g/mol. The van der Waals surface area contributed by atoms with E-state index < -0.39 is 0 Å². The molecule has 0 aromatic carbocycles. The average molecular weight is 352 g/mol. The van der Waals surface area contributed by atoms with E-state index in [2.05, 4.69) is 17.1 Å². The molecule has 1 amide bonds. The van der Waals surface area contributed by atoms with Gasteiger partial charge in [0.15, 0.2) is 0 Å². The molecule has 130 valence electrons. The lowest BCUT2D eigenvalue weighted by atomic mass is 9.74. The standard InChI is InChI=1S/C16H29N3O.2ClH/c1-11-9-19(12-6-7-12)10-14(11)18-15(20)13-5-3-4-8-16(13,2)17;;/h11-14H,3-10,17H2,1-2H3,(H,18,20);2*1H. The Morgan fingerprint density at radius 3 is 2.45 bits per heavy atom. The lowest BCUT2D eigenvalue weighted by Crippen LogP contribution is -2.55. The van der Waals surface area contributed by atoms with E-state index in [9.17, 15) is 4.79 Å². The molecular formula is C16H31Cl2N3O. The second kappa shape index (κ2) is 7.69. The Hall–Kier alpha value is -0.0300. The zero-order chi connectivity index (χ0) is 14.3. The van der Waals surface area contributed by atoms with Crippen LogP contribution in [0.2, 0.25) is 0 Å². The number of hydrogen-bond donors (Lipinski definition) is 2. The fourth-order valence-corrected chi connectivity index (χ4v) is 4.00. The second-order valence-electron chi connectivity index (χ2n) is 7.58. The minimum absolute atomic E-state index is 0. The molecule has 2 aliphatic carbocycles. The predicted octanol–water partition coefficient (Wildman–Crippen LogP) is 2.34. The lowest BCUT2D eigenvalue weighted by Gasteiger charge is -2.38. The molecule has 3 rings (SSSR count). The number of hydrogen-bond acceptors (Lipinski definition) is 3. The number of amides is 1. The quantitative estimate of drug-likeness (QED) is 0.820. The molecule has 22 heavy (non-hydrogen) atoms. The van der Waals surface area contributed by atoms with Gasteiger partial charge in [0.05, 0.1) is 5.92 Å². The number of carbonyl (C=O) groups is 1. The van der Waals surface area contributed by atoms with Crippen molar-refractivity contribution in [2.24, 2.45) is 17.6 Å². The van der Waals surface area contributed by atoms with Crippen LogP contribution >= 0.6 is 24.8 Å². The van der Waals surface area contributed by atoms with Gasteiger partial charge in [-0.05, 0) is 38.5 Å². The van der Waals surface area contributed by atoms with Crippen LogP contribution in [0.15, 0.2) is 0 Å². The van der Waals surface area contributed by atoms with E-state index in [1.54, 1.807) is 0 Å². The molecule has 0 radical (unpaired) electrons. The fraction of sp³-hybridized carbons (Fsp3) is 0.938. The summed E-state index contributed by atoms with van der Waals surface area (Å²) in [6.07, 6.45) is 6.91. The fourth-order valence-electron chi connectivity index (χ4n) is 4.00. The van der Waals surface area contributed by atoms with Gasteiger partial charge in [0.25, 0.3) is 0 Å². The molecule has 0 spiro atoms. The first-order valence-electron chi connectivity index (χ1n) is 8.30. The predicted molar refractivity (Wildman–Crippen MR) is 94.7 cm³/mol. The highest BCUT2D eigenvalue weighted by molar-refractivity contribution is 5.85. The molecule has 4 unspecified atom stereocenters. The number of halogens is 2. The van der Waals surface area contributed by atoms with Crippen molar-refractivity contribution in [1.82, 2.24) is 10.2 Å². The summed E-state index contributed by atoms with van der Waals surface area (Å²) >= 11 is 0. The van der Waals surface area contributed by atoms with Gasteiger partial charge in [-0.2, -0.15) is 0 Å². The van der Waals surface area contributed by atoms with Crippen LogP contribution in [0.4, 0.5) is 0 Å². The van der Waals surface area contributed by atoms with Crippen molar-refractivity contribution in [1.29, 1.82) is 0 Å². The summed E-state index contributed by atoms with van der Waals surface area (Å²) in [4.78, 5) is 15.2. The zero-order valence-corrected chi connectivity index (χ0v) is 15.3. The summed E-state index contributed by atoms with van der Waals surface area (Å²) < 4.78 is 0. The van der Waals surface area contributed by atoms with Crippen molar-refractivity contribution in [3.05, 3.63) is 0 Å². The number of rotatable bonds is 3. The van der Waals surface area contributed by atoms with Crippen LogP contribution < -0.4 is 11.1 Å². The maximum absolute atomic E-state index is 12.6. The van der Waals surface area contributed by atoms with Crippen LogP contribution in [0.3, 0.4) is 0 Å². The molecule has 1 heterocycles. The molecule has 0 aromatic rings. The van der Waals surface area contributed by atoms with Gasteiger partial charge in [-0.3, -0.25) is 9.69 Å². The van der Waals surface area contributed by atoms with Crippen LogP contribution in [0.5, 0.6) is 0 Å². The SMILES string of the molecule is CC1CN(C2CC2)CC1NC(=O)C1CCCCC1(C)N.Cl.Cl. The highest BCUT2D eigenvalue weighted by Gasteiger charge is 2.42. The van der Waals surface area contributed by atoms with Gasteiger partial charge in [0, 0.05) is 30.7 Å². The zero-order valence-electron chi connectivity index (χ0n) is 13.7. The average Bonchev–Trinajstić information content (AvgIpc) is 3.15. The van der Waals surface area contributed by atoms with Gasteiger partial charge in [0.2, 0.25) is 5.91 Å². The van der Waals surface area contributed by atoms with E-state index in [4.69, 9.17) is 5.73 Å². The number of likely N-dealkylation sites (tertiary alicyclic amines) is 1. The summed E-state index contributed by atoms with van der Waals surface area (Å²) in [5.41, 5.74) is 6.03. The Kier molecular flexibility index (Phi) is 7.00. The largest absolute Gasteiger partial charge is 0.351 e. The molecule has 1 saturated heterocycles. The number of nitrogens with zero attached hydrogens (tertiary/aromatic N) is 1. The van der Waals surface area contributed by atoms with Crippen molar-refractivity contribution in [2.75, 3.05) is 13.1 Å². The van der Waals surface area contributed by atoms with E-state index in [1.165, 1.54) is 12.8 Å². The molecule has 4 nitrogen and oxygen atoms in total. The Balaban J connectivity index is 0.00000121. The Morgan fingerprint density at radius 2 is 1.86 bits per heavy atom. The van der Waals surface area contributed by atoms with Crippen LogP contribution in [-0.2, 0) is 4.79 Å². The minimum Gasteiger partial charge on any atom is -0.351 e. The van der Waals surface area contributed by atoms with Crippen molar-refractivity contribution in [2.45, 2.75) is 70.0 Å². The number of carbonyl (C=O) groups excluding carboxylic acids is 1. The molecule has 1 aliphatic heterocycles. The summed E-state index contributed by atoms with van der Waals surface area (Å²) in [6, 6.07) is 1.12. The van der Waals surface area contributed by atoms with Gasteiger partial charge in [-0.15, -0.1) is 24.8 Å². The Bertz CT molecular complexity index is 388. The minimum atomic E-state index is -0.319. The smallest absolute Gasteiger partial charge is 0.225 e. The van der Waals surface area contributed by atoms with Crippen LogP contribution in [0.25, 0.3) is 0 Å². The number of nitrogens with one attached hydrogen (secondary N) is 1. The van der Waals surface area contributed by atoms with E-state index in [1.807, 2.05) is 6.92 Å². The molecule has 3 N–H and O–H groups in total. The molecule has 0 aromatic heterocycles. The summed E-state index contributed by atoms with van der Waals surface area (Å²) in [5.74, 6) is 0.759. The number of nitrogens with two attached hydrogens (primary N) is 1. The molecule has 2 saturated carbocycles. The molecular weight excluding hydrogens is 321 g/mol. The Labute approximate surface area is 146 Å². The van der Waals surface area contributed by atoms with E-state index in [0.29, 0.717) is 12.0 Å². The van der Waals surface area contributed by atoms with Gasteiger partial charge in [0.1, 0.15) is 0 Å². The molecule has 4 atom stereocenters. The van der Waals surface area contributed by atoms with Gasteiger partial charge < -0.3 is 11.1 Å². The topological polar surface area (TPSA) is 58.4 Å². The van der Waals surface area contributed by atoms with E-state index in [-0.39, 0.29) is 42.2 Å². The summed E-state index contributed by atoms with van der Waals surface area (Å²) in [5, 5.41) is 3.31. The van der Waals surface area contributed by atoms with Crippen LogP contribution in [-0.4, -0.2) is 41.5 Å². The first-order valence-corrected chi connectivity index (χ1v) is 8.30. The molecule has 0 bridgehead atoms. The molecule has 6 heteroatoms. The van der Waals surface area contributed by atoms with Crippen LogP contribution in [0, 0.1) is 11.8 Å². The van der Waals surface area contributed by atoms with Crippen molar-refractivity contribution < 1.29 is 4.79 Å². The van der Waals surface area contributed by atoms with E-state index >= 15 is 0 Å². The van der Waals surface area contributed by atoms with E-state index in [0.717, 1.165) is 44.8 Å². The van der Waals surface area contributed by atoms with Crippen molar-refractivity contribution in [3.8, 4) is 0 Å². The van der Waals surface area contributed by atoms with Crippen molar-refractivity contribution >= 4 is 30.7 Å². The normalized spacial score (nSPS) is 38.8. The highest BCUT2D eigenvalue weighted by atomic mass is 35.5. The van der Waals surface area contributed by atoms with Crippen LogP contribution in [0.1, 0.15) is 52.4 Å². The first-order chi connectivity index (χ1) is 9.47.